The zero-order chi connectivity index (χ0) is 4.41. The fraction of sp³-hybridized carbons (Fsp3) is 0. The minimum Gasteiger partial charge on any atom is -1.00 e. The van der Waals surface area contributed by atoms with Crippen molar-refractivity contribution in [1.82, 2.24) is 4.98 Å². The Morgan fingerprint density at radius 3 is 2.71 bits per heavy atom. The molecule has 0 aliphatic heterocycles. The van der Waals surface area contributed by atoms with Crippen LogP contribution in [0, 0.1) is 0 Å². The van der Waals surface area contributed by atoms with E-state index in [-0.39, 0.29) is 31.0 Å². The molecule has 0 aliphatic rings. The molecule has 0 aromatic carbocycles. The van der Waals surface area contributed by atoms with E-state index in [1.165, 1.54) is 12.5 Å². The first-order chi connectivity index (χ1) is 2.89. The smallest absolute Gasteiger partial charge is 1.00 e. The first kappa shape index (κ1) is 7.01. The van der Waals surface area contributed by atoms with Gasteiger partial charge in [-0.3, -0.25) is 4.98 Å². The maximum Gasteiger partial charge on any atom is 1.00 e. The Kier molecular flexibility index (Phi) is 3.07. The summed E-state index contributed by atoms with van der Waals surface area (Å²) in [5.41, 5.74) is 0. The average Bonchev–Trinajstić information content (AvgIpc) is 1.86. The van der Waals surface area contributed by atoms with Gasteiger partial charge in [0.25, 0.3) is 0 Å². The number of rotatable bonds is 0. The Bertz CT molecular complexity index is 155. The second kappa shape index (κ2) is 3.07. The molecule has 0 amide bonds. The van der Waals surface area contributed by atoms with E-state index in [9.17, 15) is 4.79 Å². The van der Waals surface area contributed by atoms with Crippen molar-refractivity contribution in [1.29, 1.82) is 0 Å². The minimum absolute atomic E-state index is 0. The zero-order valence-corrected chi connectivity index (χ0v) is 5.97. The van der Waals surface area contributed by atoms with Crippen LogP contribution < -0.4 is 35.3 Å². The van der Waals surface area contributed by atoms with Gasteiger partial charge in [0.05, 0.1) is 0 Å². The summed E-state index contributed by atoms with van der Waals surface area (Å²) in [6.45, 7) is 0. The van der Waals surface area contributed by atoms with Gasteiger partial charge in [0.15, 0.2) is 0 Å². The molecule has 0 unspecified atom stereocenters. The summed E-state index contributed by atoms with van der Waals surface area (Å²) >= 11 is 0. The molecule has 0 atom stereocenters. The second-order valence-corrected chi connectivity index (χ2v) is 0.852. The maximum atomic E-state index is 9.85. The number of H-pyrrole nitrogens is 1. The second-order valence-electron chi connectivity index (χ2n) is 0.852. The number of hydrogen-bond acceptors (Lipinski definition) is 2. The SMILES string of the molecule is O=c1[nH]cco1.[H-].[Na+]. The van der Waals surface area contributed by atoms with Crippen LogP contribution in [0.1, 0.15) is 1.43 Å². The molecule has 34 valence electrons. The summed E-state index contributed by atoms with van der Waals surface area (Å²) in [6.07, 6.45) is 2.73. The molecule has 0 saturated carbocycles. The van der Waals surface area contributed by atoms with Gasteiger partial charge in [-0.05, 0) is 0 Å². The van der Waals surface area contributed by atoms with Crippen LogP contribution in [0.5, 0.6) is 0 Å². The normalized spacial score (nSPS) is 7.43. The quantitative estimate of drug-likeness (QED) is 0.363. The van der Waals surface area contributed by atoms with Crippen LogP contribution in [0.4, 0.5) is 0 Å². The van der Waals surface area contributed by atoms with Crippen molar-refractivity contribution in [2.24, 2.45) is 0 Å². The van der Waals surface area contributed by atoms with Crippen LogP contribution in [-0.4, -0.2) is 4.98 Å². The summed E-state index contributed by atoms with van der Waals surface area (Å²) in [6, 6.07) is 0. The van der Waals surface area contributed by atoms with Crippen molar-refractivity contribution >= 4 is 0 Å². The third-order valence-corrected chi connectivity index (χ3v) is 0.444. The molecule has 1 N–H and O–H groups in total. The van der Waals surface area contributed by atoms with Crippen LogP contribution >= 0.6 is 0 Å². The average molecular weight is 109 g/mol. The molecule has 7 heavy (non-hydrogen) atoms. The number of oxazole rings is 1. The van der Waals surface area contributed by atoms with Crippen molar-refractivity contribution in [3.63, 3.8) is 0 Å². The fourth-order valence-electron chi connectivity index (χ4n) is 0.232. The van der Waals surface area contributed by atoms with Crippen molar-refractivity contribution < 1.29 is 35.4 Å². The maximum absolute atomic E-state index is 9.85. The number of nitrogens with one attached hydrogen (secondary N) is 1. The van der Waals surface area contributed by atoms with Gasteiger partial charge < -0.3 is 5.84 Å². The molecule has 1 heterocycles. The van der Waals surface area contributed by atoms with Gasteiger partial charge in [0.1, 0.15) is 6.26 Å². The summed E-state index contributed by atoms with van der Waals surface area (Å²) in [5, 5.41) is 0. The molecule has 1 aromatic heterocycles. The Morgan fingerprint density at radius 2 is 2.57 bits per heavy atom. The largest absolute Gasteiger partial charge is 1.00 e. The van der Waals surface area contributed by atoms with E-state index >= 15 is 0 Å². The number of hydrogen-bond donors (Lipinski definition) is 1. The summed E-state index contributed by atoms with van der Waals surface area (Å²) in [4.78, 5) is 12.1. The van der Waals surface area contributed by atoms with E-state index in [1.807, 2.05) is 0 Å². The van der Waals surface area contributed by atoms with E-state index in [0.717, 1.165) is 0 Å². The molecule has 0 saturated heterocycles. The van der Waals surface area contributed by atoms with Crippen LogP contribution in [0.25, 0.3) is 0 Å². The molecule has 1 rings (SSSR count). The van der Waals surface area contributed by atoms with E-state index in [2.05, 4.69) is 9.40 Å². The molecule has 0 radical (unpaired) electrons. The summed E-state index contributed by atoms with van der Waals surface area (Å²) in [7, 11) is 0. The Balaban J connectivity index is 0. The number of aromatic amines is 1. The van der Waals surface area contributed by atoms with E-state index < -0.39 is 5.76 Å². The molecule has 3 nitrogen and oxygen atoms in total. The Hall–Kier alpha value is 0.0100. The molecule has 0 bridgehead atoms. The predicted octanol–water partition coefficient (Wildman–Crippen LogP) is -2.92. The molecule has 0 aliphatic carbocycles. The topological polar surface area (TPSA) is 46.0 Å². The minimum atomic E-state index is -0.407. The first-order valence-electron chi connectivity index (χ1n) is 1.52. The van der Waals surface area contributed by atoms with Crippen molar-refractivity contribution in [3.8, 4) is 0 Å². The van der Waals surface area contributed by atoms with E-state index in [1.54, 1.807) is 0 Å². The van der Waals surface area contributed by atoms with Crippen LogP contribution in [0.2, 0.25) is 0 Å². The molecule has 4 heteroatoms. The number of aromatic nitrogens is 1. The molecule has 1 aromatic rings. The van der Waals surface area contributed by atoms with Crippen LogP contribution in [0.3, 0.4) is 0 Å². The van der Waals surface area contributed by atoms with Gasteiger partial charge in [0, 0.05) is 6.20 Å². The Labute approximate surface area is 63.5 Å². The summed E-state index contributed by atoms with van der Waals surface area (Å²) in [5.74, 6) is -0.407. The van der Waals surface area contributed by atoms with Crippen molar-refractivity contribution in [3.05, 3.63) is 23.0 Å². The van der Waals surface area contributed by atoms with Gasteiger partial charge in [-0.2, -0.15) is 0 Å². The fourth-order valence-corrected chi connectivity index (χ4v) is 0.232. The van der Waals surface area contributed by atoms with Gasteiger partial charge in [-0.15, -0.1) is 0 Å². The molecule has 0 spiro atoms. The van der Waals surface area contributed by atoms with Gasteiger partial charge in [-0.1, -0.05) is 0 Å². The third kappa shape index (κ3) is 1.97. The van der Waals surface area contributed by atoms with E-state index in [4.69, 9.17) is 0 Å². The molecule has 0 fully saturated rings. The standard InChI is InChI=1S/C3H3NO2.Na.H/c5-3-4-1-2-6-3;;/h1-2H,(H,4,5);;/q;+1;-1. The monoisotopic (exact) mass is 109 g/mol. The molecular weight excluding hydrogens is 105 g/mol. The van der Waals surface area contributed by atoms with Crippen molar-refractivity contribution in [2.75, 3.05) is 0 Å². The van der Waals surface area contributed by atoms with Crippen LogP contribution in [0.15, 0.2) is 21.7 Å². The first-order valence-corrected chi connectivity index (χ1v) is 1.52. The molecular formula is C3H4NNaO2. The van der Waals surface area contributed by atoms with Crippen molar-refractivity contribution in [2.45, 2.75) is 0 Å². The summed E-state index contributed by atoms with van der Waals surface area (Å²) < 4.78 is 4.22. The predicted molar refractivity (Wildman–Crippen MR) is 20.4 cm³/mol. The van der Waals surface area contributed by atoms with Gasteiger partial charge in [0.2, 0.25) is 0 Å². The Morgan fingerprint density at radius 1 is 1.86 bits per heavy atom. The zero-order valence-electron chi connectivity index (χ0n) is 4.97. The van der Waals surface area contributed by atoms with Gasteiger partial charge >= 0.3 is 35.3 Å². The van der Waals surface area contributed by atoms with Crippen LogP contribution in [-0.2, 0) is 0 Å². The van der Waals surface area contributed by atoms with Gasteiger partial charge in [-0.25, -0.2) is 4.79 Å². The van der Waals surface area contributed by atoms with E-state index in [0.29, 0.717) is 0 Å². The third-order valence-electron chi connectivity index (χ3n) is 0.444.